The minimum absolute atomic E-state index is 0.0549. The summed E-state index contributed by atoms with van der Waals surface area (Å²) in [6.45, 7) is 0.670. The van der Waals surface area contributed by atoms with E-state index in [-0.39, 0.29) is 24.0 Å². The first-order chi connectivity index (χ1) is 17.0. The number of ether oxygens (including phenoxy) is 1. The van der Waals surface area contributed by atoms with Crippen molar-refractivity contribution in [2.24, 2.45) is 0 Å². The lowest BCUT2D eigenvalue weighted by Gasteiger charge is -2.35. The number of imide groups is 2. The van der Waals surface area contributed by atoms with Crippen LogP contribution in [0, 0.1) is 5.82 Å². The van der Waals surface area contributed by atoms with Gasteiger partial charge in [0.15, 0.2) is 11.6 Å². The maximum Gasteiger partial charge on any atom is 0.331 e. The number of para-hydroxylation sites is 2. The number of aromatic nitrogens is 1. The minimum atomic E-state index is -0.688. The van der Waals surface area contributed by atoms with Crippen molar-refractivity contribution in [2.45, 2.75) is 44.7 Å². The van der Waals surface area contributed by atoms with Crippen LogP contribution in [0.25, 0.3) is 17.0 Å². The third-order valence-corrected chi connectivity index (χ3v) is 6.62. The molecule has 0 spiro atoms. The highest BCUT2D eigenvalue weighted by atomic mass is 19.1. The normalized spacial score (nSPS) is 18.4. The van der Waals surface area contributed by atoms with Crippen molar-refractivity contribution in [3.8, 4) is 5.75 Å². The van der Waals surface area contributed by atoms with Crippen molar-refractivity contribution in [1.82, 2.24) is 14.8 Å². The lowest BCUT2D eigenvalue weighted by Crippen LogP contribution is -2.58. The van der Waals surface area contributed by atoms with E-state index in [4.69, 9.17) is 4.74 Å². The zero-order valence-electron chi connectivity index (χ0n) is 19.2. The van der Waals surface area contributed by atoms with E-state index in [0.717, 1.165) is 43.0 Å². The second kappa shape index (κ2) is 9.74. The van der Waals surface area contributed by atoms with E-state index in [1.807, 2.05) is 35.0 Å². The molecule has 0 unspecified atom stereocenters. The highest BCUT2D eigenvalue weighted by Crippen LogP contribution is 2.28. The Morgan fingerprint density at radius 2 is 1.74 bits per heavy atom. The van der Waals surface area contributed by atoms with Gasteiger partial charge in [-0.1, -0.05) is 49.6 Å². The van der Waals surface area contributed by atoms with Gasteiger partial charge in [0.05, 0.1) is 6.54 Å². The maximum absolute atomic E-state index is 13.9. The van der Waals surface area contributed by atoms with Gasteiger partial charge in [-0.15, -0.1) is 0 Å². The molecule has 1 N–H and O–H groups in total. The average Bonchev–Trinajstić information content (AvgIpc) is 3.21. The first-order valence-corrected chi connectivity index (χ1v) is 11.9. The molecule has 2 aromatic carbocycles. The number of amides is 4. The lowest BCUT2D eigenvalue weighted by atomic mass is 9.93. The fourth-order valence-corrected chi connectivity index (χ4v) is 4.89. The van der Waals surface area contributed by atoms with Crippen molar-refractivity contribution in [2.75, 3.05) is 6.61 Å². The topological polar surface area (TPSA) is 80.6 Å². The Bertz CT molecular complexity index is 1320. The zero-order valence-corrected chi connectivity index (χ0v) is 19.2. The predicted octanol–water partition coefficient (Wildman–Crippen LogP) is 4.65. The highest BCUT2D eigenvalue weighted by molar-refractivity contribution is 6.31. The number of hydrogen-bond donors (Lipinski definition) is 1. The van der Waals surface area contributed by atoms with Gasteiger partial charge in [0.1, 0.15) is 12.2 Å². The Kier molecular flexibility index (Phi) is 6.35. The van der Waals surface area contributed by atoms with Crippen LogP contribution in [0.5, 0.6) is 5.75 Å². The number of nitrogens with one attached hydrogen (secondary N) is 1. The van der Waals surface area contributed by atoms with Gasteiger partial charge in [0.2, 0.25) is 0 Å². The molecule has 1 aliphatic heterocycles. The summed E-state index contributed by atoms with van der Waals surface area (Å²) in [6, 6.07) is 13.0. The fourth-order valence-electron chi connectivity index (χ4n) is 4.89. The summed E-state index contributed by atoms with van der Waals surface area (Å²) in [4.78, 5) is 39.6. The van der Waals surface area contributed by atoms with E-state index in [9.17, 15) is 18.8 Å². The van der Waals surface area contributed by atoms with Gasteiger partial charge in [-0.2, -0.15) is 0 Å². The summed E-state index contributed by atoms with van der Waals surface area (Å²) in [6.07, 6.45) is 7.89. The number of rotatable bonds is 6. The number of nitrogens with zero attached hydrogens (tertiary/aromatic N) is 2. The largest absolute Gasteiger partial charge is 0.489 e. The van der Waals surface area contributed by atoms with E-state index in [1.54, 1.807) is 24.3 Å². The van der Waals surface area contributed by atoms with Crippen LogP contribution in [-0.4, -0.2) is 40.0 Å². The number of barbiturate groups is 1. The average molecular weight is 476 g/mol. The van der Waals surface area contributed by atoms with E-state index in [1.165, 1.54) is 11.0 Å². The van der Waals surface area contributed by atoms with Gasteiger partial charge in [0, 0.05) is 28.7 Å². The summed E-state index contributed by atoms with van der Waals surface area (Å²) in [5.41, 5.74) is 1.52. The molecule has 5 rings (SSSR count). The van der Waals surface area contributed by atoms with Crippen molar-refractivity contribution >= 4 is 34.8 Å². The number of carbonyl (C=O) groups is 3. The molecule has 1 aliphatic carbocycles. The molecule has 4 amide bonds. The molecule has 2 aliphatic rings. The van der Waals surface area contributed by atoms with Gasteiger partial charge < -0.3 is 9.30 Å². The molecule has 0 radical (unpaired) electrons. The number of halogens is 1. The number of benzene rings is 2. The molecule has 3 aromatic rings. The van der Waals surface area contributed by atoms with Gasteiger partial charge >= 0.3 is 6.03 Å². The number of urea groups is 1. The molecule has 35 heavy (non-hydrogen) atoms. The third kappa shape index (κ3) is 4.56. The quantitative estimate of drug-likeness (QED) is 0.416. The standard InChI is InChI=1S/C27H26FN3O4/c28-22-11-5-7-13-24(22)35-15-14-30-17-18(20-10-4-6-12-23(20)30)16-21-25(32)29-27(34)31(26(21)33)19-8-2-1-3-9-19/h4-7,10-13,16-17,19H,1-3,8-9,14-15H2,(H,29,32,34)/b21-16+. The Morgan fingerprint density at radius 3 is 2.54 bits per heavy atom. The van der Waals surface area contributed by atoms with Crippen LogP contribution in [0.1, 0.15) is 37.7 Å². The van der Waals surface area contributed by atoms with Gasteiger partial charge in [-0.05, 0) is 37.1 Å². The molecule has 0 atom stereocenters. The summed E-state index contributed by atoms with van der Waals surface area (Å²) >= 11 is 0. The molecule has 1 aromatic heterocycles. The van der Waals surface area contributed by atoms with Gasteiger partial charge in [0.25, 0.3) is 11.8 Å². The minimum Gasteiger partial charge on any atom is -0.489 e. The Balaban J connectivity index is 1.42. The van der Waals surface area contributed by atoms with Crippen LogP contribution in [0.15, 0.2) is 60.3 Å². The van der Waals surface area contributed by atoms with E-state index in [0.29, 0.717) is 12.1 Å². The number of fused-ring (bicyclic) bond motifs is 1. The molecular weight excluding hydrogens is 449 g/mol. The monoisotopic (exact) mass is 475 g/mol. The van der Waals surface area contributed by atoms with Crippen LogP contribution in [0.4, 0.5) is 9.18 Å². The summed E-state index contributed by atoms with van der Waals surface area (Å²) in [5, 5.41) is 3.19. The predicted molar refractivity (Wildman–Crippen MR) is 129 cm³/mol. The van der Waals surface area contributed by atoms with Crippen LogP contribution >= 0.6 is 0 Å². The van der Waals surface area contributed by atoms with E-state index < -0.39 is 23.7 Å². The Morgan fingerprint density at radius 1 is 1.00 bits per heavy atom. The van der Waals surface area contributed by atoms with Crippen molar-refractivity contribution in [3.63, 3.8) is 0 Å². The smallest absolute Gasteiger partial charge is 0.331 e. The fraction of sp³-hybridized carbons (Fsp3) is 0.296. The van der Waals surface area contributed by atoms with Gasteiger partial charge in [-0.3, -0.25) is 19.8 Å². The summed E-state index contributed by atoms with van der Waals surface area (Å²) in [5.74, 6) is -1.48. The zero-order chi connectivity index (χ0) is 24.4. The Labute approximate surface area is 202 Å². The molecule has 8 heteroatoms. The number of carbonyl (C=O) groups excluding carboxylic acids is 3. The van der Waals surface area contributed by atoms with Crippen LogP contribution < -0.4 is 10.1 Å². The molecule has 1 saturated carbocycles. The first-order valence-electron chi connectivity index (χ1n) is 11.9. The highest BCUT2D eigenvalue weighted by Gasteiger charge is 2.40. The first kappa shape index (κ1) is 22.8. The molecule has 180 valence electrons. The number of hydrogen-bond acceptors (Lipinski definition) is 4. The third-order valence-electron chi connectivity index (χ3n) is 6.62. The van der Waals surface area contributed by atoms with E-state index >= 15 is 0 Å². The molecule has 2 heterocycles. The second-order valence-electron chi connectivity index (χ2n) is 8.86. The molecule has 0 bridgehead atoms. The molecule has 7 nitrogen and oxygen atoms in total. The second-order valence-corrected chi connectivity index (χ2v) is 8.86. The lowest BCUT2D eigenvalue weighted by molar-refractivity contribution is -0.132. The maximum atomic E-state index is 13.9. The van der Waals surface area contributed by atoms with Crippen molar-refractivity contribution in [1.29, 1.82) is 0 Å². The summed E-state index contributed by atoms with van der Waals surface area (Å²) < 4.78 is 21.4. The molecule has 2 fully saturated rings. The van der Waals surface area contributed by atoms with E-state index in [2.05, 4.69) is 5.32 Å². The summed E-state index contributed by atoms with van der Waals surface area (Å²) in [7, 11) is 0. The van der Waals surface area contributed by atoms with Gasteiger partial charge in [-0.25, -0.2) is 9.18 Å². The molecular formula is C27H26FN3O4. The Hall–Kier alpha value is -3.94. The van der Waals surface area contributed by atoms with Crippen molar-refractivity contribution in [3.05, 3.63) is 71.7 Å². The molecule has 1 saturated heterocycles. The van der Waals surface area contributed by atoms with Crippen LogP contribution in [-0.2, 0) is 16.1 Å². The van der Waals surface area contributed by atoms with Crippen LogP contribution in [0.3, 0.4) is 0 Å². The van der Waals surface area contributed by atoms with Crippen molar-refractivity contribution < 1.29 is 23.5 Å². The SMILES string of the molecule is O=C1NC(=O)N(C2CCCCC2)C(=O)/C1=C/c1cn(CCOc2ccccc2F)c2ccccc12. The van der Waals surface area contributed by atoms with Crippen LogP contribution in [0.2, 0.25) is 0 Å².